The van der Waals surface area contributed by atoms with Crippen molar-refractivity contribution in [1.29, 1.82) is 0 Å². The van der Waals surface area contributed by atoms with Gasteiger partial charge in [-0.05, 0) is 50.6 Å². The largest absolute Gasteiger partial charge is 0.355 e. The van der Waals surface area contributed by atoms with Crippen LogP contribution in [0.25, 0.3) is 11.4 Å². The van der Waals surface area contributed by atoms with Gasteiger partial charge >= 0.3 is 0 Å². The molecule has 1 aromatic heterocycles. The van der Waals surface area contributed by atoms with Gasteiger partial charge in [-0.1, -0.05) is 32.4 Å². The topological polar surface area (TPSA) is 79.3 Å². The molecule has 1 aliphatic heterocycles. The van der Waals surface area contributed by atoms with E-state index in [1.165, 1.54) is 18.2 Å². The highest BCUT2D eigenvalue weighted by Gasteiger charge is 2.35. The van der Waals surface area contributed by atoms with Crippen molar-refractivity contribution in [3.8, 4) is 11.4 Å². The van der Waals surface area contributed by atoms with Crippen molar-refractivity contribution in [2.45, 2.75) is 53.2 Å². The van der Waals surface area contributed by atoms with Crippen LogP contribution in [0.4, 0.5) is 4.39 Å². The molecule has 0 saturated carbocycles. The number of carbonyl (C=O) groups is 2. The first kappa shape index (κ1) is 24.2. The molecule has 0 aliphatic carbocycles. The normalized spacial score (nSPS) is 15.6. The number of likely N-dealkylation sites (N-methyl/N-ethyl adjacent to an activating group) is 1. The number of imidazole rings is 1. The minimum atomic E-state index is -0.748. The molecule has 2 aromatic rings. The van der Waals surface area contributed by atoms with Crippen molar-refractivity contribution in [2.24, 2.45) is 5.41 Å². The standard InChI is InChI=1S/C23H31ClFN5O2/c1-6-26-22(32)19(23(2,3)4)28-21(31)18-17-13-29(5)10-7-11-30(17)20(27-18)15-12-14(24)8-9-16(15)25/h8-9,12,19H,6-7,10-11,13H2,1-5H3,(H,26,32)(H,28,31). The zero-order valence-corrected chi connectivity index (χ0v) is 20.0. The SMILES string of the molecule is CCNC(=O)C(NC(=O)c1nc(-c2cc(Cl)ccc2F)n2c1CN(C)CCC2)C(C)(C)C. The van der Waals surface area contributed by atoms with E-state index in [1.54, 1.807) is 0 Å². The number of rotatable bonds is 5. The number of aromatic nitrogens is 2. The molecule has 0 radical (unpaired) electrons. The molecule has 1 unspecified atom stereocenters. The monoisotopic (exact) mass is 463 g/mol. The fourth-order valence-electron chi connectivity index (χ4n) is 3.93. The van der Waals surface area contributed by atoms with E-state index in [9.17, 15) is 14.0 Å². The van der Waals surface area contributed by atoms with E-state index in [-0.39, 0.29) is 17.2 Å². The Hall–Kier alpha value is -2.45. The van der Waals surface area contributed by atoms with E-state index in [1.807, 2.05) is 39.3 Å². The minimum absolute atomic E-state index is 0.201. The summed E-state index contributed by atoms with van der Waals surface area (Å²) in [5.74, 6) is -0.798. The average Bonchev–Trinajstić information content (AvgIpc) is 2.93. The van der Waals surface area contributed by atoms with Crippen molar-refractivity contribution in [3.05, 3.63) is 40.4 Å². The molecule has 3 rings (SSSR count). The zero-order chi connectivity index (χ0) is 23.6. The van der Waals surface area contributed by atoms with Gasteiger partial charge in [0.2, 0.25) is 5.91 Å². The Balaban J connectivity index is 2.07. The first-order valence-corrected chi connectivity index (χ1v) is 11.2. The summed E-state index contributed by atoms with van der Waals surface area (Å²) in [6, 6.07) is 3.55. The van der Waals surface area contributed by atoms with E-state index in [0.717, 1.165) is 13.0 Å². The zero-order valence-electron chi connectivity index (χ0n) is 19.3. The molecule has 0 fully saturated rings. The van der Waals surface area contributed by atoms with Crippen molar-refractivity contribution in [2.75, 3.05) is 20.1 Å². The highest BCUT2D eigenvalue weighted by molar-refractivity contribution is 6.30. The maximum Gasteiger partial charge on any atom is 0.272 e. The molecular formula is C23H31ClFN5O2. The van der Waals surface area contributed by atoms with E-state index < -0.39 is 23.2 Å². The lowest BCUT2D eigenvalue weighted by Gasteiger charge is -2.30. The van der Waals surface area contributed by atoms with Crippen LogP contribution in [0.2, 0.25) is 5.02 Å². The van der Waals surface area contributed by atoms with Gasteiger partial charge in [0, 0.05) is 24.7 Å². The van der Waals surface area contributed by atoms with Crippen LogP contribution in [-0.4, -0.2) is 52.4 Å². The molecule has 0 spiro atoms. The first-order valence-electron chi connectivity index (χ1n) is 10.8. The van der Waals surface area contributed by atoms with Crippen molar-refractivity contribution >= 4 is 23.4 Å². The van der Waals surface area contributed by atoms with Gasteiger partial charge in [0.25, 0.3) is 5.91 Å². The highest BCUT2D eigenvalue weighted by atomic mass is 35.5. The Kier molecular flexibility index (Phi) is 7.25. The fraction of sp³-hybridized carbons (Fsp3) is 0.522. The molecule has 32 heavy (non-hydrogen) atoms. The Labute approximate surface area is 193 Å². The van der Waals surface area contributed by atoms with Crippen LogP contribution < -0.4 is 10.6 Å². The van der Waals surface area contributed by atoms with Gasteiger partial charge in [-0.3, -0.25) is 9.59 Å². The van der Waals surface area contributed by atoms with Crippen molar-refractivity contribution in [1.82, 2.24) is 25.1 Å². The van der Waals surface area contributed by atoms with Crippen LogP contribution in [0.5, 0.6) is 0 Å². The van der Waals surface area contributed by atoms with E-state index >= 15 is 0 Å². The second-order valence-electron chi connectivity index (χ2n) is 9.26. The van der Waals surface area contributed by atoms with Gasteiger partial charge < -0.3 is 20.1 Å². The van der Waals surface area contributed by atoms with Crippen molar-refractivity contribution < 1.29 is 14.0 Å². The summed E-state index contributed by atoms with van der Waals surface area (Å²) >= 11 is 6.12. The predicted molar refractivity (Wildman–Crippen MR) is 123 cm³/mol. The van der Waals surface area contributed by atoms with E-state index in [0.29, 0.717) is 36.2 Å². The Morgan fingerprint density at radius 3 is 2.66 bits per heavy atom. The predicted octanol–water partition coefficient (Wildman–Crippen LogP) is 3.46. The van der Waals surface area contributed by atoms with Gasteiger partial charge in [-0.15, -0.1) is 0 Å². The number of nitrogens with one attached hydrogen (secondary N) is 2. The number of hydrogen-bond donors (Lipinski definition) is 2. The molecule has 0 saturated heterocycles. The molecule has 2 N–H and O–H groups in total. The van der Waals surface area contributed by atoms with Crippen LogP contribution in [0.15, 0.2) is 18.2 Å². The summed E-state index contributed by atoms with van der Waals surface area (Å²) in [5, 5.41) is 6.04. The van der Waals surface area contributed by atoms with E-state index in [4.69, 9.17) is 11.6 Å². The van der Waals surface area contributed by atoms with Gasteiger partial charge in [-0.25, -0.2) is 9.37 Å². The quantitative estimate of drug-likeness (QED) is 0.711. The molecule has 9 heteroatoms. The summed E-state index contributed by atoms with van der Waals surface area (Å²) in [4.78, 5) is 32.7. The Morgan fingerprint density at radius 1 is 1.28 bits per heavy atom. The average molecular weight is 464 g/mol. The number of hydrogen-bond acceptors (Lipinski definition) is 4. The lowest BCUT2D eigenvalue weighted by Crippen LogP contribution is -2.53. The van der Waals surface area contributed by atoms with Gasteiger partial charge in [0.05, 0.1) is 11.3 Å². The smallest absolute Gasteiger partial charge is 0.272 e. The van der Waals surface area contributed by atoms with Gasteiger partial charge in [0.1, 0.15) is 17.7 Å². The lowest BCUT2D eigenvalue weighted by molar-refractivity contribution is -0.125. The molecule has 7 nitrogen and oxygen atoms in total. The minimum Gasteiger partial charge on any atom is -0.355 e. The third-order valence-electron chi connectivity index (χ3n) is 5.55. The number of benzene rings is 1. The van der Waals surface area contributed by atoms with Crippen LogP contribution >= 0.6 is 11.6 Å². The summed E-state index contributed by atoms with van der Waals surface area (Å²) in [6.07, 6.45) is 0.833. The molecule has 1 aliphatic rings. The Morgan fingerprint density at radius 2 is 2.00 bits per heavy atom. The molecule has 0 bridgehead atoms. The summed E-state index contributed by atoms with van der Waals surface area (Å²) in [7, 11) is 1.97. The molecule has 174 valence electrons. The number of carbonyl (C=O) groups excluding carboxylic acids is 2. The summed E-state index contributed by atoms with van der Waals surface area (Å²) in [5.41, 5.74) is 0.634. The lowest BCUT2D eigenvalue weighted by atomic mass is 9.86. The van der Waals surface area contributed by atoms with Crippen LogP contribution in [0, 0.1) is 11.2 Å². The second-order valence-corrected chi connectivity index (χ2v) is 9.70. The fourth-order valence-corrected chi connectivity index (χ4v) is 4.10. The summed E-state index contributed by atoms with van der Waals surface area (Å²) in [6.45, 7) is 9.88. The van der Waals surface area contributed by atoms with Crippen LogP contribution in [0.1, 0.15) is 50.3 Å². The van der Waals surface area contributed by atoms with Gasteiger partial charge in [0.15, 0.2) is 5.69 Å². The number of fused-ring (bicyclic) bond motifs is 1. The highest BCUT2D eigenvalue weighted by Crippen LogP contribution is 2.30. The third-order valence-corrected chi connectivity index (χ3v) is 5.79. The van der Waals surface area contributed by atoms with Crippen molar-refractivity contribution in [3.63, 3.8) is 0 Å². The molecule has 1 atom stereocenters. The maximum atomic E-state index is 14.7. The van der Waals surface area contributed by atoms with Crippen LogP contribution in [-0.2, 0) is 17.9 Å². The van der Waals surface area contributed by atoms with Crippen LogP contribution in [0.3, 0.4) is 0 Å². The molecule has 2 heterocycles. The summed E-state index contributed by atoms with van der Waals surface area (Å²) < 4.78 is 16.6. The van der Waals surface area contributed by atoms with E-state index in [2.05, 4.69) is 20.5 Å². The second kappa shape index (κ2) is 9.58. The third kappa shape index (κ3) is 5.13. The maximum absolute atomic E-state index is 14.7. The number of amides is 2. The number of halogens is 2. The molecular weight excluding hydrogens is 433 g/mol. The van der Waals surface area contributed by atoms with Gasteiger partial charge in [-0.2, -0.15) is 0 Å². The molecule has 1 aromatic carbocycles. The Bertz CT molecular complexity index is 1010. The molecule has 2 amide bonds. The number of nitrogens with zero attached hydrogens (tertiary/aromatic N) is 3. The first-order chi connectivity index (χ1) is 15.0.